The number of carbonyl (C=O) groups is 1. The van der Waals surface area contributed by atoms with Crippen LogP contribution in [0.2, 0.25) is 0 Å². The molecule has 0 fully saturated rings. The molecule has 0 N–H and O–H groups in total. The topological polar surface area (TPSA) is 23.6 Å². The number of fused-ring (bicyclic) bond motifs is 1. The van der Waals surface area contributed by atoms with E-state index < -0.39 is 0 Å². The molecule has 0 radical (unpaired) electrons. The second-order valence-electron chi connectivity index (χ2n) is 5.05. The Kier molecular flexibility index (Phi) is 3.26. The number of likely N-dealkylation sites (N-methyl/N-ethyl adjacent to an activating group) is 1. The second kappa shape index (κ2) is 4.94. The molecule has 4 heteroatoms. The molecular formula is C16H15BrN2O. The van der Waals surface area contributed by atoms with Gasteiger partial charge in [0.1, 0.15) is 0 Å². The van der Waals surface area contributed by atoms with Gasteiger partial charge in [-0.3, -0.25) is 9.69 Å². The van der Waals surface area contributed by atoms with Gasteiger partial charge in [0.2, 0.25) is 0 Å². The van der Waals surface area contributed by atoms with Crippen molar-refractivity contribution in [3.8, 4) is 0 Å². The highest BCUT2D eigenvalue weighted by molar-refractivity contribution is 9.10. The van der Waals surface area contributed by atoms with Gasteiger partial charge in [-0.1, -0.05) is 33.6 Å². The highest BCUT2D eigenvalue weighted by Crippen LogP contribution is 2.39. The maximum atomic E-state index is 12.4. The van der Waals surface area contributed by atoms with Crippen molar-refractivity contribution in [1.82, 2.24) is 0 Å². The van der Waals surface area contributed by atoms with Gasteiger partial charge in [-0.2, -0.15) is 0 Å². The van der Waals surface area contributed by atoms with E-state index in [0.29, 0.717) is 6.54 Å². The summed E-state index contributed by atoms with van der Waals surface area (Å²) in [6.07, 6.45) is 0. The Morgan fingerprint density at radius 1 is 1.05 bits per heavy atom. The van der Waals surface area contributed by atoms with Crippen molar-refractivity contribution < 1.29 is 4.79 Å². The molecule has 0 bridgehead atoms. The maximum Gasteiger partial charge on any atom is 0.251 e. The zero-order valence-corrected chi connectivity index (χ0v) is 13.0. The van der Waals surface area contributed by atoms with Crippen LogP contribution in [0.15, 0.2) is 46.9 Å². The van der Waals surface area contributed by atoms with Crippen LogP contribution in [0.5, 0.6) is 0 Å². The molecule has 0 unspecified atom stereocenters. The quantitative estimate of drug-likeness (QED) is 0.792. The molecule has 3 nitrogen and oxygen atoms in total. The molecule has 2 aromatic carbocycles. The summed E-state index contributed by atoms with van der Waals surface area (Å²) in [5.41, 5.74) is 4.08. The fourth-order valence-electron chi connectivity index (χ4n) is 2.47. The van der Waals surface area contributed by atoms with E-state index in [1.807, 2.05) is 61.3 Å². The third-order valence-electron chi connectivity index (χ3n) is 3.50. The average Bonchev–Trinajstić information content (AvgIpc) is 2.40. The van der Waals surface area contributed by atoms with Gasteiger partial charge in [0, 0.05) is 17.2 Å². The van der Waals surface area contributed by atoms with E-state index >= 15 is 0 Å². The Labute approximate surface area is 126 Å². The van der Waals surface area contributed by atoms with Crippen molar-refractivity contribution in [1.29, 1.82) is 0 Å². The molecule has 102 valence electrons. The summed E-state index contributed by atoms with van der Waals surface area (Å²) in [6.45, 7) is 2.43. The number of hydrogen-bond acceptors (Lipinski definition) is 2. The van der Waals surface area contributed by atoms with E-state index in [-0.39, 0.29) is 5.91 Å². The molecule has 0 atom stereocenters. The number of benzene rings is 2. The number of hydrogen-bond donors (Lipinski definition) is 0. The molecule has 0 spiro atoms. The number of halogens is 1. The van der Waals surface area contributed by atoms with Crippen LogP contribution in [0.25, 0.3) is 0 Å². The van der Waals surface area contributed by atoms with Gasteiger partial charge in [0.25, 0.3) is 5.91 Å². The minimum absolute atomic E-state index is 0.0851. The highest BCUT2D eigenvalue weighted by Gasteiger charge is 2.28. The predicted molar refractivity (Wildman–Crippen MR) is 85.7 cm³/mol. The lowest BCUT2D eigenvalue weighted by Crippen LogP contribution is -2.41. The lowest BCUT2D eigenvalue weighted by atomic mass is 10.1. The molecular weight excluding hydrogens is 316 g/mol. The van der Waals surface area contributed by atoms with E-state index in [0.717, 1.165) is 21.5 Å². The Morgan fingerprint density at radius 3 is 2.45 bits per heavy atom. The molecule has 1 heterocycles. The second-order valence-corrected chi connectivity index (χ2v) is 5.97. The number of carbonyl (C=O) groups excluding carboxylic acids is 1. The number of nitrogens with zero attached hydrogens (tertiary/aromatic N) is 2. The zero-order valence-electron chi connectivity index (χ0n) is 11.4. The smallest absolute Gasteiger partial charge is 0.251 e. The third kappa shape index (κ3) is 2.20. The summed E-state index contributed by atoms with van der Waals surface area (Å²) in [5, 5.41) is 0. The molecule has 1 aliphatic rings. The van der Waals surface area contributed by atoms with Gasteiger partial charge in [-0.05, 0) is 37.3 Å². The zero-order chi connectivity index (χ0) is 14.3. The van der Waals surface area contributed by atoms with Crippen molar-refractivity contribution in [2.75, 3.05) is 23.4 Å². The first-order chi connectivity index (χ1) is 9.56. The minimum Gasteiger partial charge on any atom is -0.364 e. The molecule has 1 amide bonds. The van der Waals surface area contributed by atoms with Gasteiger partial charge < -0.3 is 4.90 Å². The molecule has 2 aromatic rings. The van der Waals surface area contributed by atoms with E-state index in [1.165, 1.54) is 5.56 Å². The van der Waals surface area contributed by atoms with Gasteiger partial charge >= 0.3 is 0 Å². The van der Waals surface area contributed by atoms with E-state index in [4.69, 9.17) is 0 Å². The Hall–Kier alpha value is -1.81. The largest absolute Gasteiger partial charge is 0.364 e. The van der Waals surface area contributed by atoms with Crippen LogP contribution in [0.1, 0.15) is 5.56 Å². The lowest BCUT2D eigenvalue weighted by molar-refractivity contribution is -0.116. The minimum atomic E-state index is 0.0851. The fraction of sp³-hybridized carbons (Fsp3) is 0.188. The molecule has 0 saturated carbocycles. The first kappa shape index (κ1) is 13.2. The predicted octanol–water partition coefficient (Wildman–Crippen LogP) is 3.87. The molecule has 20 heavy (non-hydrogen) atoms. The molecule has 0 aliphatic carbocycles. The number of rotatable bonds is 1. The maximum absolute atomic E-state index is 12.4. The average molecular weight is 331 g/mol. The van der Waals surface area contributed by atoms with Crippen LogP contribution in [0.4, 0.5) is 17.1 Å². The van der Waals surface area contributed by atoms with Crippen molar-refractivity contribution >= 4 is 38.9 Å². The summed E-state index contributed by atoms with van der Waals surface area (Å²) < 4.78 is 0.969. The van der Waals surface area contributed by atoms with Crippen LogP contribution in [-0.2, 0) is 4.79 Å². The van der Waals surface area contributed by atoms with Gasteiger partial charge in [-0.15, -0.1) is 0 Å². The van der Waals surface area contributed by atoms with Crippen LogP contribution in [0, 0.1) is 6.92 Å². The van der Waals surface area contributed by atoms with Crippen molar-refractivity contribution in [3.05, 3.63) is 52.5 Å². The molecule has 0 aromatic heterocycles. The number of amides is 1. The number of aryl methyl sites for hydroxylation is 1. The Morgan fingerprint density at radius 2 is 1.75 bits per heavy atom. The van der Waals surface area contributed by atoms with Crippen LogP contribution in [0.3, 0.4) is 0 Å². The summed E-state index contributed by atoms with van der Waals surface area (Å²) in [5.74, 6) is 0.0851. The van der Waals surface area contributed by atoms with Crippen molar-refractivity contribution in [2.24, 2.45) is 0 Å². The summed E-state index contributed by atoms with van der Waals surface area (Å²) in [4.78, 5) is 16.2. The summed E-state index contributed by atoms with van der Waals surface area (Å²) in [6, 6.07) is 14.1. The highest BCUT2D eigenvalue weighted by atomic mass is 79.9. The molecule has 3 rings (SSSR count). The standard InChI is InChI=1S/C16H15BrN2O/c1-11-3-6-13(7-4-11)19-15-9-12(17)5-8-14(15)18(2)10-16(19)20/h3-9H,10H2,1-2H3. The first-order valence-corrected chi connectivity index (χ1v) is 7.26. The van der Waals surface area contributed by atoms with Crippen LogP contribution in [-0.4, -0.2) is 19.5 Å². The molecule has 1 aliphatic heterocycles. The summed E-state index contributed by atoms with van der Waals surface area (Å²) >= 11 is 3.49. The van der Waals surface area contributed by atoms with Gasteiger partial charge in [0.05, 0.1) is 17.9 Å². The lowest BCUT2D eigenvalue weighted by Gasteiger charge is -2.35. The molecule has 0 saturated heterocycles. The third-order valence-corrected chi connectivity index (χ3v) is 4.00. The van der Waals surface area contributed by atoms with Gasteiger partial charge in [-0.25, -0.2) is 0 Å². The normalized spacial score (nSPS) is 14.4. The van der Waals surface area contributed by atoms with Crippen LogP contribution < -0.4 is 9.80 Å². The van der Waals surface area contributed by atoms with E-state index in [1.54, 1.807) is 4.90 Å². The Bertz CT molecular complexity index is 667. The van der Waals surface area contributed by atoms with Crippen molar-refractivity contribution in [3.63, 3.8) is 0 Å². The SMILES string of the molecule is Cc1ccc(N2C(=O)CN(C)c3ccc(Br)cc32)cc1. The van der Waals surface area contributed by atoms with E-state index in [2.05, 4.69) is 15.9 Å². The van der Waals surface area contributed by atoms with Gasteiger partial charge in [0.15, 0.2) is 0 Å². The Balaban J connectivity index is 2.15. The fourth-order valence-corrected chi connectivity index (χ4v) is 2.82. The van der Waals surface area contributed by atoms with Crippen LogP contribution >= 0.6 is 15.9 Å². The van der Waals surface area contributed by atoms with E-state index in [9.17, 15) is 4.79 Å². The summed E-state index contributed by atoms with van der Waals surface area (Å²) in [7, 11) is 1.94. The first-order valence-electron chi connectivity index (χ1n) is 6.46. The monoisotopic (exact) mass is 330 g/mol. The number of anilines is 3. The van der Waals surface area contributed by atoms with Crippen molar-refractivity contribution in [2.45, 2.75) is 6.92 Å².